The third kappa shape index (κ3) is 5.56. The summed E-state index contributed by atoms with van der Waals surface area (Å²) in [6, 6.07) is 16.9. The summed E-state index contributed by atoms with van der Waals surface area (Å²) in [4.78, 5) is 48.5. The van der Waals surface area contributed by atoms with E-state index in [0.717, 1.165) is 24.6 Å². The first-order valence-corrected chi connectivity index (χ1v) is 10.7. The van der Waals surface area contributed by atoms with Crippen LogP contribution >= 0.6 is 32.1 Å². The van der Waals surface area contributed by atoms with Crippen LogP contribution in [0.2, 0.25) is 0 Å². The molecule has 0 unspecified atom stereocenters. The van der Waals surface area contributed by atoms with Crippen molar-refractivity contribution in [2.45, 2.75) is 12.8 Å². The molecule has 2 N–H and O–H groups in total. The van der Waals surface area contributed by atoms with Gasteiger partial charge in [-0.1, -0.05) is 36.4 Å². The lowest BCUT2D eigenvalue weighted by atomic mass is 10.2. The van der Waals surface area contributed by atoms with Crippen molar-refractivity contribution in [1.29, 1.82) is 0 Å². The van der Waals surface area contributed by atoms with Crippen LogP contribution in [0.3, 0.4) is 0 Å². The first-order valence-electron chi connectivity index (χ1n) is 9.22. The molecule has 158 valence electrons. The lowest BCUT2D eigenvalue weighted by molar-refractivity contribution is -0.131. The van der Waals surface area contributed by atoms with Crippen LogP contribution in [0.5, 0.6) is 0 Å². The zero-order chi connectivity index (χ0) is 22.4. The van der Waals surface area contributed by atoms with Crippen molar-refractivity contribution in [2.75, 3.05) is 0 Å². The van der Waals surface area contributed by atoms with Crippen molar-refractivity contribution in [2.24, 2.45) is 0 Å². The van der Waals surface area contributed by atoms with Gasteiger partial charge < -0.3 is 9.97 Å². The number of amides is 2. The highest BCUT2D eigenvalue weighted by Crippen LogP contribution is 2.19. The van der Waals surface area contributed by atoms with Gasteiger partial charge in [0.15, 0.2) is 0 Å². The summed E-state index contributed by atoms with van der Waals surface area (Å²) >= 11 is 6.16. The SMILES string of the molecule is O=C1CCC(=O)N1Br.O=c1[nH]cc(Br)c2ccccc12.O=c1[nH]ccc2ccccc12. The zero-order valence-corrected chi connectivity index (χ0v) is 19.3. The van der Waals surface area contributed by atoms with Crippen LogP contribution in [-0.2, 0) is 9.59 Å². The van der Waals surface area contributed by atoms with Gasteiger partial charge >= 0.3 is 0 Å². The van der Waals surface area contributed by atoms with Crippen molar-refractivity contribution in [3.05, 3.63) is 92.2 Å². The van der Waals surface area contributed by atoms with E-state index < -0.39 is 0 Å². The fourth-order valence-electron chi connectivity index (χ4n) is 2.86. The molecule has 9 heteroatoms. The highest BCUT2D eigenvalue weighted by atomic mass is 79.9. The molecule has 0 atom stereocenters. The second-order valence-corrected chi connectivity index (χ2v) is 8.04. The van der Waals surface area contributed by atoms with Gasteiger partial charge in [0.2, 0.25) is 11.8 Å². The minimum atomic E-state index is -0.144. The minimum Gasteiger partial charge on any atom is -0.329 e. The molecule has 0 bridgehead atoms. The van der Waals surface area contributed by atoms with Gasteiger partial charge in [-0.15, -0.1) is 0 Å². The van der Waals surface area contributed by atoms with Gasteiger partial charge in [-0.2, -0.15) is 0 Å². The van der Waals surface area contributed by atoms with Gasteiger partial charge in [0, 0.05) is 45.9 Å². The van der Waals surface area contributed by atoms with Crippen LogP contribution in [0.15, 0.2) is 81.1 Å². The first kappa shape index (κ1) is 22.6. The Kier molecular flexibility index (Phi) is 7.54. The Hall–Kier alpha value is -3.04. The average molecular weight is 547 g/mol. The number of hydrogen-bond acceptors (Lipinski definition) is 4. The summed E-state index contributed by atoms with van der Waals surface area (Å²) in [5.41, 5.74) is -0.0723. The maximum atomic E-state index is 11.3. The Balaban J connectivity index is 0.000000135. The number of carbonyl (C=O) groups is 2. The molecule has 7 nitrogen and oxygen atoms in total. The lowest BCUT2D eigenvalue weighted by Gasteiger charge is -1.97. The van der Waals surface area contributed by atoms with E-state index in [1.165, 1.54) is 0 Å². The summed E-state index contributed by atoms with van der Waals surface area (Å²) in [7, 11) is 0. The smallest absolute Gasteiger partial charge is 0.255 e. The second-order valence-electron chi connectivity index (χ2n) is 6.47. The average Bonchev–Trinajstić information content (AvgIpc) is 3.09. The quantitative estimate of drug-likeness (QED) is 0.254. The maximum absolute atomic E-state index is 11.3. The summed E-state index contributed by atoms with van der Waals surface area (Å²) in [5, 5.41) is 3.39. The third-order valence-electron chi connectivity index (χ3n) is 4.43. The van der Waals surface area contributed by atoms with E-state index in [-0.39, 0.29) is 22.9 Å². The fourth-order valence-corrected chi connectivity index (χ4v) is 3.67. The normalized spacial score (nSPS) is 12.9. The molecule has 1 fully saturated rings. The number of imide groups is 1. The standard InChI is InChI=1S/C9H6BrNO.C9H7NO.C4H4BrNO2/c10-8-5-11-9(12)7-4-2-1-3-6(7)8;11-9-8-4-2-1-3-7(8)5-6-10-9;5-6-3(7)1-2-4(6)8/h1-5H,(H,11,12);1-6H,(H,10,11);1-2H2. The number of hydrogen-bond donors (Lipinski definition) is 2. The number of rotatable bonds is 0. The Morgan fingerprint density at radius 3 is 1.81 bits per heavy atom. The summed E-state index contributed by atoms with van der Waals surface area (Å²) in [6.07, 6.45) is 4.02. The van der Waals surface area contributed by atoms with Crippen LogP contribution in [0, 0.1) is 0 Å². The van der Waals surface area contributed by atoms with E-state index in [4.69, 9.17) is 0 Å². The number of halogens is 2. The molecular formula is C22H17Br2N3O4. The number of nitrogens with one attached hydrogen (secondary N) is 2. The van der Waals surface area contributed by atoms with Crippen LogP contribution in [0.4, 0.5) is 0 Å². The number of aromatic nitrogens is 2. The monoisotopic (exact) mass is 545 g/mol. The van der Waals surface area contributed by atoms with Crippen molar-refractivity contribution in [1.82, 2.24) is 13.9 Å². The summed E-state index contributed by atoms with van der Waals surface area (Å²) in [5.74, 6) is -0.287. The fraction of sp³-hybridized carbons (Fsp3) is 0.0909. The molecule has 2 amide bonds. The largest absolute Gasteiger partial charge is 0.329 e. The Bertz CT molecular complexity index is 1340. The lowest BCUT2D eigenvalue weighted by Crippen LogP contribution is -2.16. The van der Waals surface area contributed by atoms with E-state index >= 15 is 0 Å². The summed E-state index contributed by atoms with van der Waals surface area (Å²) in [6.45, 7) is 0. The minimum absolute atomic E-state index is 0.0249. The molecule has 2 aromatic carbocycles. The number of H-pyrrole nitrogens is 2. The van der Waals surface area contributed by atoms with Gasteiger partial charge in [-0.05, 0) is 39.5 Å². The Morgan fingerprint density at radius 1 is 0.710 bits per heavy atom. The van der Waals surface area contributed by atoms with Gasteiger partial charge in [0.05, 0.1) is 16.1 Å². The van der Waals surface area contributed by atoms with E-state index in [1.54, 1.807) is 18.5 Å². The third-order valence-corrected chi connectivity index (χ3v) is 5.88. The van der Waals surface area contributed by atoms with Crippen molar-refractivity contribution >= 4 is 65.4 Å². The van der Waals surface area contributed by atoms with E-state index in [9.17, 15) is 19.2 Å². The number of carbonyl (C=O) groups excluding carboxylic acids is 2. The van der Waals surface area contributed by atoms with E-state index in [1.807, 2.05) is 48.5 Å². The molecule has 1 saturated heterocycles. The van der Waals surface area contributed by atoms with E-state index in [2.05, 4.69) is 42.0 Å². The Morgan fingerprint density at radius 2 is 1.26 bits per heavy atom. The molecule has 3 heterocycles. The van der Waals surface area contributed by atoms with Crippen LogP contribution in [0.25, 0.3) is 21.5 Å². The molecule has 4 aromatic rings. The molecule has 0 saturated carbocycles. The molecule has 0 aliphatic carbocycles. The molecule has 1 aliphatic rings. The van der Waals surface area contributed by atoms with Gasteiger partial charge in [0.25, 0.3) is 11.1 Å². The highest BCUT2D eigenvalue weighted by molar-refractivity contribution is 9.10. The maximum Gasteiger partial charge on any atom is 0.255 e. The molecule has 0 radical (unpaired) electrons. The molecule has 2 aromatic heterocycles. The number of nitrogens with zero attached hydrogens (tertiary/aromatic N) is 1. The van der Waals surface area contributed by atoms with Gasteiger partial charge in [-0.3, -0.25) is 19.2 Å². The Labute approximate surface area is 193 Å². The second kappa shape index (κ2) is 10.3. The predicted octanol–water partition coefficient (Wildman–Crippen LogP) is 4.26. The van der Waals surface area contributed by atoms with E-state index in [0.29, 0.717) is 18.2 Å². The predicted molar refractivity (Wildman–Crippen MR) is 127 cm³/mol. The molecule has 31 heavy (non-hydrogen) atoms. The summed E-state index contributed by atoms with van der Waals surface area (Å²) < 4.78 is 1.89. The van der Waals surface area contributed by atoms with Crippen molar-refractivity contribution in [3.63, 3.8) is 0 Å². The first-order chi connectivity index (χ1) is 14.9. The van der Waals surface area contributed by atoms with Crippen LogP contribution in [-0.4, -0.2) is 25.7 Å². The molecule has 0 spiro atoms. The number of aromatic amines is 2. The van der Waals surface area contributed by atoms with Crippen LogP contribution < -0.4 is 11.1 Å². The zero-order valence-electron chi connectivity index (χ0n) is 16.1. The number of pyridine rings is 2. The molecule has 1 aliphatic heterocycles. The highest BCUT2D eigenvalue weighted by Gasteiger charge is 2.26. The number of fused-ring (bicyclic) bond motifs is 2. The topological polar surface area (TPSA) is 103 Å². The van der Waals surface area contributed by atoms with Crippen LogP contribution in [0.1, 0.15) is 12.8 Å². The van der Waals surface area contributed by atoms with Crippen molar-refractivity contribution in [3.8, 4) is 0 Å². The number of benzene rings is 2. The molecular weight excluding hydrogens is 530 g/mol. The molecule has 5 rings (SSSR count). The van der Waals surface area contributed by atoms with Crippen molar-refractivity contribution < 1.29 is 9.59 Å². The van der Waals surface area contributed by atoms with Gasteiger partial charge in [-0.25, -0.2) is 3.93 Å². The van der Waals surface area contributed by atoms with Gasteiger partial charge in [0.1, 0.15) is 0 Å².